The van der Waals surface area contributed by atoms with Gasteiger partial charge in [0.1, 0.15) is 11.4 Å². The summed E-state index contributed by atoms with van der Waals surface area (Å²) in [6.07, 6.45) is 7.88. The van der Waals surface area contributed by atoms with Gasteiger partial charge < -0.3 is 25.0 Å². The Hall–Kier alpha value is -5.89. The molecule has 1 atom stereocenters. The summed E-state index contributed by atoms with van der Waals surface area (Å²) in [5.41, 5.74) is 2.85. The number of hydrogen-bond acceptors (Lipinski definition) is 8. The van der Waals surface area contributed by atoms with Crippen molar-refractivity contribution >= 4 is 29.4 Å². The molecule has 3 aromatic rings. The van der Waals surface area contributed by atoms with E-state index in [1.807, 2.05) is 25.4 Å². The minimum absolute atomic E-state index is 0.151. The Labute approximate surface area is 285 Å². The molecule has 2 aromatic carbocycles. The zero-order valence-corrected chi connectivity index (χ0v) is 28.2. The van der Waals surface area contributed by atoms with Crippen molar-refractivity contribution in [1.82, 2.24) is 25.8 Å². The van der Waals surface area contributed by atoms with Crippen LogP contribution in [-0.2, 0) is 16.1 Å². The topological polar surface area (TPSA) is 139 Å². The Morgan fingerprint density at radius 1 is 1.12 bits per heavy atom. The maximum atomic E-state index is 13.3. The summed E-state index contributed by atoms with van der Waals surface area (Å²) < 4.78 is 11.0. The zero-order valence-electron chi connectivity index (χ0n) is 28.2. The van der Waals surface area contributed by atoms with Crippen molar-refractivity contribution in [2.45, 2.75) is 45.7 Å². The van der Waals surface area contributed by atoms with Gasteiger partial charge >= 0.3 is 12.0 Å². The third-order valence-corrected chi connectivity index (χ3v) is 8.03. The lowest BCUT2D eigenvalue weighted by atomic mass is 9.98. The standard InChI is InChI=1S/C38H39N5O6/c1-6-7-8-9-27(21-39-4)31-16-17-32(49-35(45)24(2)3)33(40-31)26-12-10-25(11-13-26)18-19-38(36(46)41-37(47)42-38)23-43-22-28-14-15-29(48-5)20-30(28)34(43)44/h8-17,20-21,24,39H,6-7,22-23H2,1-5H3,(H2,41,42,46,47)/b9-8+,27-21+/t38-/m1/s1. The largest absolute Gasteiger partial charge is 0.497 e. The summed E-state index contributed by atoms with van der Waals surface area (Å²) in [6, 6.07) is 15.2. The van der Waals surface area contributed by atoms with Gasteiger partial charge in [-0.3, -0.25) is 19.7 Å². The third-order valence-electron chi connectivity index (χ3n) is 8.03. The number of esters is 1. The molecule has 0 spiro atoms. The molecule has 3 heterocycles. The molecule has 0 aliphatic carbocycles. The Bertz CT molecular complexity index is 1900. The van der Waals surface area contributed by atoms with Crippen LogP contribution in [0.2, 0.25) is 0 Å². The van der Waals surface area contributed by atoms with Crippen molar-refractivity contribution in [3.8, 4) is 34.6 Å². The van der Waals surface area contributed by atoms with E-state index in [2.05, 4.69) is 40.8 Å². The van der Waals surface area contributed by atoms with Crippen LogP contribution >= 0.6 is 0 Å². The molecule has 1 fully saturated rings. The second-order valence-electron chi connectivity index (χ2n) is 12.0. The van der Waals surface area contributed by atoms with Crippen LogP contribution < -0.4 is 25.4 Å². The number of imide groups is 1. The van der Waals surface area contributed by atoms with Gasteiger partial charge in [-0.1, -0.05) is 69.4 Å². The molecule has 252 valence electrons. The molecule has 3 N–H and O–H groups in total. The van der Waals surface area contributed by atoms with E-state index in [4.69, 9.17) is 14.5 Å². The van der Waals surface area contributed by atoms with Gasteiger partial charge in [0, 0.05) is 42.1 Å². The number of unbranched alkanes of at least 4 members (excludes halogenated alkanes) is 1. The summed E-state index contributed by atoms with van der Waals surface area (Å²) in [4.78, 5) is 57.6. The quantitative estimate of drug-likeness (QED) is 0.115. The summed E-state index contributed by atoms with van der Waals surface area (Å²) in [6.45, 7) is 5.74. The predicted molar refractivity (Wildman–Crippen MR) is 185 cm³/mol. The molecular formula is C38H39N5O6. The van der Waals surface area contributed by atoms with Gasteiger partial charge in [0.2, 0.25) is 5.54 Å². The second kappa shape index (κ2) is 14.9. The molecule has 1 saturated heterocycles. The maximum absolute atomic E-state index is 13.3. The molecule has 49 heavy (non-hydrogen) atoms. The monoisotopic (exact) mass is 661 g/mol. The first-order valence-electron chi connectivity index (χ1n) is 16.1. The molecule has 5 rings (SSSR count). The Morgan fingerprint density at radius 2 is 1.90 bits per heavy atom. The van der Waals surface area contributed by atoms with Crippen LogP contribution in [0.1, 0.15) is 60.8 Å². The Morgan fingerprint density at radius 3 is 2.55 bits per heavy atom. The van der Waals surface area contributed by atoms with Gasteiger partial charge in [0.25, 0.3) is 11.8 Å². The minimum Gasteiger partial charge on any atom is -0.497 e. The van der Waals surface area contributed by atoms with Crippen LogP contribution in [0.5, 0.6) is 11.5 Å². The summed E-state index contributed by atoms with van der Waals surface area (Å²) in [7, 11) is 3.34. The van der Waals surface area contributed by atoms with Crippen molar-refractivity contribution < 1.29 is 28.7 Å². The van der Waals surface area contributed by atoms with E-state index < -0.39 is 17.5 Å². The lowest BCUT2D eigenvalue weighted by Crippen LogP contribution is -2.54. The number of carbonyl (C=O) groups excluding carboxylic acids is 4. The molecule has 2 aliphatic rings. The number of benzene rings is 2. The number of nitrogens with one attached hydrogen (secondary N) is 3. The minimum atomic E-state index is -1.66. The van der Waals surface area contributed by atoms with E-state index in [9.17, 15) is 19.2 Å². The van der Waals surface area contributed by atoms with Crippen molar-refractivity contribution in [3.05, 3.63) is 95.3 Å². The fourth-order valence-electron chi connectivity index (χ4n) is 5.36. The molecule has 1 aromatic heterocycles. The first-order chi connectivity index (χ1) is 23.6. The SMILES string of the molecule is CCC/C=C/C(=C\NC)c1ccc(OC(=O)C(C)C)c(-c2ccc(C#C[C@]3(CN4Cc5ccc(OC)cc5C4=O)NC(=O)NC3=O)cc2)n1. The first-order valence-corrected chi connectivity index (χ1v) is 16.1. The van der Waals surface area contributed by atoms with Crippen LogP contribution in [0.4, 0.5) is 4.79 Å². The van der Waals surface area contributed by atoms with E-state index in [0.29, 0.717) is 39.6 Å². The van der Waals surface area contributed by atoms with E-state index in [1.165, 1.54) is 12.0 Å². The number of rotatable bonds is 11. The number of fused-ring (bicyclic) bond motifs is 1. The maximum Gasteiger partial charge on any atom is 0.323 e. The molecule has 11 nitrogen and oxygen atoms in total. The predicted octanol–water partition coefficient (Wildman–Crippen LogP) is 4.82. The molecule has 0 unspecified atom stereocenters. The summed E-state index contributed by atoms with van der Waals surface area (Å²) >= 11 is 0. The molecule has 11 heteroatoms. The number of carbonyl (C=O) groups is 4. The highest BCUT2D eigenvalue weighted by Crippen LogP contribution is 2.32. The zero-order chi connectivity index (χ0) is 35.1. The van der Waals surface area contributed by atoms with Crippen molar-refractivity contribution in [1.29, 1.82) is 0 Å². The fraction of sp³-hybridized carbons (Fsp3) is 0.289. The first kappa shape index (κ1) is 34.4. The Balaban J connectivity index is 1.45. The molecule has 0 bridgehead atoms. The van der Waals surface area contributed by atoms with Crippen LogP contribution in [-0.4, -0.2) is 59.9 Å². The van der Waals surface area contributed by atoms with Gasteiger partial charge in [-0.05, 0) is 48.4 Å². The number of aromatic nitrogens is 1. The smallest absolute Gasteiger partial charge is 0.323 e. The van der Waals surface area contributed by atoms with Crippen LogP contribution in [0.15, 0.2) is 72.9 Å². The van der Waals surface area contributed by atoms with E-state index >= 15 is 0 Å². The average molecular weight is 662 g/mol. The van der Waals surface area contributed by atoms with Gasteiger partial charge in [-0.2, -0.15) is 0 Å². The third kappa shape index (κ3) is 7.65. The molecular weight excluding hydrogens is 622 g/mol. The second-order valence-corrected chi connectivity index (χ2v) is 12.0. The van der Waals surface area contributed by atoms with Crippen LogP contribution in [0, 0.1) is 17.8 Å². The van der Waals surface area contributed by atoms with E-state index in [-0.39, 0.29) is 30.9 Å². The lowest BCUT2D eigenvalue weighted by molar-refractivity contribution is -0.137. The number of amides is 4. The highest BCUT2D eigenvalue weighted by atomic mass is 16.5. The van der Waals surface area contributed by atoms with Gasteiger partial charge in [-0.15, -0.1) is 0 Å². The molecule has 4 amide bonds. The lowest BCUT2D eigenvalue weighted by Gasteiger charge is -2.26. The highest BCUT2D eigenvalue weighted by molar-refractivity contribution is 6.10. The summed E-state index contributed by atoms with van der Waals surface area (Å²) in [5, 5.41) is 7.96. The van der Waals surface area contributed by atoms with Crippen LogP contribution in [0.25, 0.3) is 16.8 Å². The number of pyridine rings is 1. The molecule has 2 aliphatic heterocycles. The Kier molecular flexibility index (Phi) is 10.5. The van der Waals surface area contributed by atoms with Crippen molar-refractivity contribution in [2.75, 3.05) is 20.7 Å². The normalized spacial score (nSPS) is 17.1. The van der Waals surface area contributed by atoms with Gasteiger partial charge in [0.15, 0.2) is 5.75 Å². The molecule has 0 radical (unpaired) electrons. The fourth-order valence-corrected chi connectivity index (χ4v) is 5.36. The number of methoxy groups -OCH3 is 1. The number of ether oxygens (including phenoxy) is 2. The van der Waals surface area contributed by atoms with Crippen molar-refractivity contribution in [3.63, 3.8) is 0 Å². The van der Waals surface area contributed by atoms with E-state index in [1.54, 1.807) is 62.4 Å². The van der Waals surface area contributed by atoms with E-state index in [0.717, 1.165) is 24.0 Å². The highest BCUT2D eigenvalue weighted by Gasteiger charge is 2.48. The number of allylic oxidation sites excluding steroid dienone is 3. The average Bonchev–Trinajstić information content (AvgIpc) is 3.56. The molecule has 0 saturated carbocycles. The van der Waals surface area contributed by atoms with Gasteiger partial charge in [0.05, 0.1) is 25.3 Å². The number of urea groups is 1. The van der Waals surface area contributed by atoms with Crippen LogP contribution in [0.3, 0.4) is 0 Å². The number of hydrogen-bond donors (Lipinski definition) is 3. The summed E-state index contributed by atoms with van der Waals surface area (Å²) in [5.74, 6) is 5.17. The van der Waals surface area contributed by atoms with Crippen molar-refractivity contribution in [2.24, 2.45) is 5.92 Å². The number of nitrogens with zero attached hydrogens (tertiary/aromatic N) is 2. The van der Waals surface area contributed by atoms with Gasteiger partial charge in [-0.25, -0.2) is 9.78 Å².